The van der Waals surface area contributed by atoms with Crippen LogP contribution in [0.3, 0.4) is 0 Å². The second kappa shape index (κ2) is 22.6. The number of aliphatic hydroxyl groups excluding tert-OH is 1. The van der Waals surface area contributed by atoms with E-state index >= 15 is 0 Å². The number of aliphatic carboxylic acids is 1. The van der Waals surface area contributed by atoms with Crippen LogP contribution in [-0.2, 0) is 4.79 Å². The van der Waals surface area contributed by atoms with Crippen LogP contribution in [-0.4, -0.2) is 48.8 Å². The Balaban J connectivity index is 0. The monoisotopic (exact) mass is 443 g/mol. The summed E-state index contributed by atoms with van der Waals surface area (Å²) in [7, 11) is 4.49. The number of aliphatic hydroxyl groups is 1. The second-order valence-corrected chi connectivity index (χ2v) is 10.5. The Morgan fingerprint density at radius 3 is 1.77 bits per heavy atom. The summed E-state index contributed by atoms with van der Waals surface area (Å²) in [4.78, 5) is 9.99. The summed E-state index contributed by atoms with van der Waals surface area (Å²) in [5.41, 5.74) is 0. The third-order valence-corrected chi connectivity index (χ3v) is 5.88. The molecule has 0 bridgehead atoms. The van der Waals surface area contributed by atoms with Crippen molar-refractivity contribution in [3.63, 3.8) is 0 Å². The number of carbonyl (C=O) groups is 1. The van der Waals surface area contributed by atoms with Gasteiger partial charge in [-0.05, 0) is 31.6 Å². The number of rotatable bonds is 20. The van der Waals surface area contributed by atoms with E-state index in [0.717, 1.165) is 42.6 Å². The Hall–Kier alpha value is -0.610. The van der Waals surface area contributed by atoms with Crippen LogP contribution in [0, 0.1) is 5.92 Å². The minimum absolute atomic E-state index is 0.109. The Labute approximate surface area is 195 Å². The molecular weight excluding hydrogens is 386 g/mol. The Kier molecular flexibility index (Phi) is 23.7. The standard InChI is InChI=1S/C18H40NO.C9H18O2/c1-5-7-9-10-11-12-13-14-15-18(20)17-19(3,4)16-8-6-2;1-8(2)6-4-3-5-7-9(10)11/h18,20H,5-17H2,1-4H3;8H,3-7H2,1-2H3,(H,10,11)/q+1;/p-1. The van der Waals surface area contributed by atoms with Crippen LogP contribution in [0.2, 0.25) is 0 Å². The van der Waals surface area contributed by atoms with Crippen molar-refractivity contribution in [3.05, 3.63) is 0 Å². The van der Waals surface area contributed by atoms with Crippen LogP contribution in [0.4, 0.5) is 0 Å². The fourth-order valence-corrected chi connectivity index (χ4v) is 3.85. The fourth-order valence-electron chi connectivity index (χ4n) is 3.85. The lowest BCUT2D eigenvalue weighted by Crippen LogP contribution is -2.45. The van der Waals surface area contributed by atoms with Crippen molar-refractivity contribution in [1.29, 1.82) is 0 Å². The molecule has 31 heavy (non-hydrogen) atoms. The predicted molar refractivity (Wildman–Crippen MR) is 133 cm³/mol. The van der Waals surface area contributed by atoms with E-state index in [4.69, 9.17) is 0 Å². The summed E-state index contributed by atoms with van der Waals surface area (Å²) in [5.74, 6) is -0.187. The molecule has 0 spiro atoms. The molecule has 0 radical (unpaired) electrons. The number of carboxylic acid groups (broad SMARTS) is 1. The van der Waals surface area contributed by atoms with Crippen LogP contribution in [0.15, 0.2) is 0 Å². The van der Waals surface area contributed by atoms with Crippen LogP contribution in [0.1, 0.15) is 130 Å². The maximum Gasteiger partial charge on any atom is 0.105 e. The first-order valence-corrected chi connectivity index (χ1v) is 13.3. The highest BCUT2D eigenvalue weighted by molar-refractivity contribution is 5.63. The third kappa shape index (κ3) is 29.4. The van der Waals surface area contributed by atoms with Crippen molar-refractivity contribution >= 4 is 5.97 Å². The lowest BCUT2D eigenvalue weighted by atomic mass is 10.0. The van der Waals surface area contributed by atoms with Gasteiger partial charge in [0, 0.05) is 5.97 Å². The Morgan fingerprint density at radius 1 is 0.774 bits per heavy atom. The number of carbonyl (C=O) groups excluding carboxylic acids is 1. The van der Waals surface area contributed by atoms with E-state index in [2.05, 4.69) is 41.8 Å². The molecule has 0 aliphatic heterocycles. The molecule has 4 heteroatoms. The molecule has 0 aliphatic rings. The zero-order valence-electron chi connectivity index (χ0n) is 22.1. The van der Waals surface area contributed by atoms with Crippen molar-refractivity contribution < 1.29 is 19.5 Å². The van der Waals surface area contributed by atoms with Gasteiger partial charge in [0.2, 0.25) is 0 Å². The molecule has 0 saturated carbocycles. The molecule has 0 fully saturated rings. The zero-order valence-corrected chi connectivity index (χ0v) is 22.1. The van der Waals surface area contributed by atoms with E-state index in [-0.39, 0.29) is 12.5 Å². The lowest BCUT2D eigenvalue weighted by Gasteiger charge is -2.31. The van der Waals surface area contributed by atoms with Crippen molar-refractivity contribution in [3.8, 4) is 0 Å². The summed E-state index contributed by atoms with van der Waals surface area (Å²) in [5, 5.41) is 20.1. The van der Waals surface area contributed by atoms with Crippen molar-refractivity contribution in [2.75, 3.05) is 27.2 Å². The van der Waals surface area contributed by atoms with Gasteiger partial charge in [-0.3, -0.25) is 0 Å². The fraction of sp³-hybridized carbons (Fsp3) is 0.963. The number of hydrogen-bond acceptors (Lipinski definition) is 3. The molecule has 0 aromatic heterocycles. The van der Waals surface area contributed by atoms with E-state index < -0.39 is 5.97 Å². The van der Waals surface area contributed by atoms with Crippen LogP contribution in [0.25, 0.3) is 0 Å². The number of quaternary nitrogens is 1. The molecule has 1 atom stereocenters. The average Bonchev–Trinajstić information content (AvgIpc) is 2.68. The topological polar surface area (TPSA) is 60.4 Å². The second-order valence-electron chi connectivity index (χ2n) is 10.5. The first-order chi connectivity index (χ1) is 14.6. The van der Waals surface area contributed by atoms with Gasteiger partial charge in [0.15, 0.2) is 0 Å². The summed E-state index contributed by atoms with van der Waals surface area (Å²) >= 11 is 0. The highest BCUT2D eigenvalue weighted by atomic mass is 16.4. The molecule has 188 valence electrons. The SMILES string of the molecule is CC(C)CCCCCC(=O)[O-].CCCCCCCCCCC(O)C[N+](C)(C)CCCC. The van der Waals surface area contributed by atoms with E-state index in [1.165, 1.54) is 77.2 Å². The van der Waals surface area contributed by atoms with Crippen molar-refractivity contribution in [1.82, 2.24) is 0 Å². The summed E-state index contributed by atoms with van der Waals surface area (Å²) in [6, 6.07) is 0. The van der Waals surface area contributed by atoms with Crippen molar-refractivity contribution in [2.45, 2.75) is 137 Å². The van der Waals surface area contributed by atoms with E-state index in [9.17, 15) is 15.0 Å². The molecule has 0 rings (SSSR count). The summed E-state index contributed by atoms with van der Waals surface area (Å²) < 4.78 is 0.964. The maximum atomic E-state index is 10.1. The molecule has 1 unspecified atom stereocenters. The van der Waals surface area contributed by atoms with Gasteiger partial charge < -0.3 is 19.5 Å². The minimum Gasteiger partial charge on any atom is -0.550 e. The molecular formula is C27H57NO3. The van der Waals surface area contributed by atoms with Gasteiger partial charge in [0.05, 0.1) is 20.6 Å². The van der Waals surface area contributed by atoms with E-state index in [1.54, 1.807) is 0 Å². The lowest BCUT2D eigenvalue weighted by molar-refractivity contribution is -0.893. The van der Waals surface area contributed by atoms with Gasteiger partial charge in [-0.15, -0.1) is 0 Å². The Bertz CT molecular complexity index is 383. The third-order valence-electron chi connectivity index (χ3n) is 5.88. The quantitative estimate of drug-likeness (QED) is 0.183. The number of likely N-dealkylation sites (N-methyl/N-ethyl adjacent to an activating group) is 1. The molecule has 0 amide bonds. The van der Waals surface area contributed by atoms with Gasteiger partial charge in [-0.1, -0.05) is 105 Å². The maximum absolute atomic E-state index is 10.1. The summed E-state index contributed by atoms with van der Waals surface area (Å²) in [6.45, 7) is 11.0. The number of nitrogens with zero attached hydrogens (tertiary/aromatic N) is 1. The van der Waals surface area contributed by atoms with E-state index in [1.807, 2.05) is 0 Å². The van der Waals surface area contributed by atoms with Gasteiger partial charge >= 0.3 is 0 Å². The van der Waals surface area contributed by atoms with Gasteiger partial charge in [0.25, 0.3) is 0 Å². The highest BCUT2D eigenvalue weighted by Gasteiger charge is 2.19. The molecule has 0 saturated heterocycles. The first kappa shape index (κ1) is 32.6. The largest absolute Gasteiger partial charge is 0.550 e. The first-order valence-electron chi connectivity index (χ1n) is 13.3. The predicted octanol–water partition coefficient (Wildman–Crippen LogP) is 6.10. The number of hydrogen-bond donors (Lipinski definition) is 1. The zero-order chi connectivity index (χ0) is 24.0. The number of carboxylic acids is 1. The molecule has 0 aliphatic carbocycles. The van der Waals surface area contributed by atoms with E-state index in [0.29, 0.717) is 0 Å². The van der Waals surface area contributed by atoms with Crippen LogP contribution < -0.4 is 5.11 Å². The summed E-state index contributed by atoms with van der Waals surface area (Å²) in [6.07, 6.45) is 18.5. The van der Waals surface area contributed by atoms with Crippen molar-refractivity contribution in [2.24, 2.45) is 5.92 Å². The van der Waals surface area contributed by atoms with Gasteiger partial charge in [0.1, 0.15) is 12.6 Å². The molecule has 1 N–H and O–H groups in total. The average molecular weight is 444 g/mol. The normalized spacial score (nSPS) is 12.5. The Morgan fingerprint density at radius 2 is 1.26 bits per heavy atom. The minimum atomic E-state index is -0.922. The molecule has 0 aromatic carbocycles. The smallest absolute Gasteiger partial charge is 0.105 e. The number of unbranched alkanes of at least 4 members (excludes halogenated alkanes) is 10. The molecule has 0 heterocycles. The van der Waals surface area contributed by atoms with Gasteiger partial charge in [-0.2, -0.15) is 0 Å². The molecule has 0 aromatic rings. The van der Waals surface area contributed by atoms with Crippen LogP contribution in [0.5, 0.6) is 0 Å². The van der Waals surface area contributed by atoms with Crippen LogP contribution >= 0.6 is 0 Å². The van der Waals surface area contributed by atoms with Gasteiger partial charge in [-0.25, -0.2) is 0 Å². The molecule has 4 nitrogen and oxygen atoms in total. The highest BCUT2D eigenvalue weighted by Crippen LogP contribution is 2.13.